The van der Waals surface area contributed by atoms with Gasteiger partial charge in [-0.1, -0.05) is 49.2 Å². The predicted octanol–water partition coefficient (Wildman–Crippen LogP) is 8.09. The second kappa shape index (κ2) is 15.7. The molecule has 14 heteroatoms. The van der Waals surface area contributed by atoms with Crippen molar-refractivity contribution in [3.8, 4) is 11.3 Å². The van der Waals surface area contributed by atoms with Gasteiger partial charge in [-0.15, -0.1) is 12.6 Å². The van der Waals surface area contributed by atoms with Gasteiger partial charge < -0.3 is 24.8 Å². The Morgan fingerprint density at radius 2 is 1.73 bits per heavy atom. The number of alkyl carbamates (subject to hydrolysis) is 1. The van der Waals surface area contributed by atoms with Crippen LogP contribution in [0.4, 0.5) is 30.8 Å². The molecule has 4 aromatic rings. The molecule has 1 aliphatic rings. The molecule has 0 aliphatic carbocycles. The molecule has 0 spiro atoms. The average Bonchev–Trinajstić information content (AvgIpc) is 3.42. The molecule has 1 aliphatic heterocycles. The Bertz CT molecular complexity index is 1920. The highest BCUT2D eigenvalue weighted by atomic mass is 35.5. The van der Waals surface area contributed by atoms with Crippen LogP contribution in [-0.2, 0) is 33.8 Å². The van der Waals surface area contributed by atoms with Crippen LogP contribution in [0.15, 0.2) is 66.7 Å². The third kappa shape index (κ3) is 9.59. The second-order valence-corrected chi connectivity index (χ2v) is 14.6. The summed E-state index contributed by atoms with van der Waals surface area (Å²) in [6.45, 7) is 7.66. The molecule has 0 radical (unpaired) electrons. The maximum atomic E-state index is 14.4. The Labute approximate surface area is 306 Å². The fraction of sp³-hybridized carbons (Fsp3) is 0.351. The topological polar surface area (TPSA) is 118 Å². The highest BCUT2D eigenvalue weighted by Crippen LogP contribution is 2.35. The third-order valence-electron chi connectivity index (χ3n) is 8.06. The van der Waals surface area contributed by atoms with Gasteiger partial charge in [0.25, 0.3) is 5.91 Å². The molecule has 51 heavy (non-hydrogen) atoms. The Hall–Kier alpha value is -4.62. The number of anilines is 3. The van der Waals surface area contributed by atoms with E-state index in [2.05, 4.69) is 16.0 Å². The fourth-order valence-corrected chi connectivity index (χ4v) is 6.18. The summed E-state index contributed by atoms with van der Waals surface area (Å²) in [6.07, 6.45) is 1.28. The Kier molecular flexibility index (Phi) is 11.6. The number of carbonyl (C=O) groups excluding carboxylic acids is 3. The molecule has 10 nitrogen and oxygen atoms in total. The number of amides is 3. The second-order valence-electron chi connectivity index (χ2n) is 13.4. The summed E-state index contributed by atoms with van der Waals surface area (Å²) in [5.74, 6) is -0.698. The molecule has 5 rings (SSSR count). The number of carbonyl (C=O) groups is 3. The van der Waals surface area contributed by atoms with Crippen LogP contribution in [0.2, 0.25) is 5.02 Å². The summed E-state index contributed by atoms with van der Waals surface area (Å²) in [4.78, 5) is 44.3. The van der Waals surface area contributed by atoms with Gasteiger partial charge in [0.05, 0.1) is 11.6 Å². The number of aromatic nitrogens is 2. The lowest BCUT2D eigenvalue weighted by molar-refractivity contribution is -0.136. The maximum Gasteiger partial charge on any atom is 0.409 e. The van der Waals surface area contributed by atoms with Gasteiger partial charge in [-0.25, -0.2) is 18.6 Å². The number of unbranched alkanes of at least 4 members (excludes halogenated alkanes) is 1. The van der Waals surface area contributed by atoms with E-state index < -0.39 is 34.1 Å². The van der Waals surface area contributed by atoms with Crippen LogP contribution in [-0.4, -0.2) is 49.4 Å². The summed E-state index contributed by atoms with van der Waals surface area (Å²) in [5, 5.41) is 8.74. The Morgan fingerprint density at radius 1 is 1.00 bits per heavy atom. The van der Waals surface area contributed by atoms with E-state index >= 15 is 0 Å². The molecule has 0 saturated carbocycles. The van der Waals surface area contributed by atoms with Gasteiger partial charge in [-0.2, -0.15) is 0 Å². The molecular weight excluding hydrogens is 698 g/mol. The number of fused-ring (bicyclic) bond motifs is 1. The molecule has 0 saturated heterocycles. The van der Waals surface area contributed by atoms with Crippen molar-refractivity contribution in [3.05, 3.63) is 94.8 Å². The smallest absolute Gasteiger partial charge is 0.409 e. The minimum absolute atomic E-state index is 0.00727. The third-order valence-corrected chi connectivity index (χ3v) is 8.82. The zero-order chi connectivity index (χ0) is 36.9. The lowest BCUT2D eigenvalue weighted by Gasteiger charge is -2.37. The molecule has 270 valence electrons. The monoisotopic (exact) mass is 738 g/mol. The van der Waals surface area contributed by atoms with Crippen LogP contribution in [0.25, 0.3) is 11.3 Å². The molecular formula is C37H41ClF2N6O4S. The SMILES string of the molecule is CCCCC(=O)Nc1ccc(CC(S)(NC(=O)OC(C)(C)C)C(=O)N2CCn3c(nc(-c4cccc(F)c4)c3Nc3ccc(Cl)c(F)c3)C2)cc1. The standard InChI is InChI=1S/C37H41ClF2N6O4S/c1-5-6-10-31(47)41-26-13-11-23(12-14-26)21-37(51,44-35(49)50-36(2,3)4)34(48)45-17-18-46-30(22-45)43-32(24-8-7-9-25(39)19-24)33(46)42-27-15-16-28(38)29(40)20-27/h7-9,11-16,19-20,42,51H,5-6,10,17-18,21-22H2,1-4H3,(H,41,47)(H,44,49). The van der Waals surface area contributed by atoms with Gasteiger partial charge in [0.15, 0.2) is 4.87 Å². The number of ether oxygens (including phenoxy) is 1. The number of imidazole rings is 1. The minimum atomic E-state index is -1.74. The molecule has 3 aromatic carbocycles. The van der Waals surface area contributed by atoms with E-state index in [-0.39, 0.29) is 37.0 Å². The molecule has 0 bridgehead atoms. The van der Waals surface area contributed by atoms with Gasteiger partial charge >= 0.3 is 6.09 Å². The number of nitrogens with one attached hydrogen (secondary N) is 3. The first-order chi connectivity index (χ1) is 24.1. The number of hydrogen-bond acceptors (Lipinski definition) is 7. The van der Waals surface area contributed by atoms with E-state index in [1.807, 2.05) is 11.5 Å². The lowest BCUT2D eigenvalue weighted by Crippen LogP contribution is -2.59. The highest BCUT2D eigenvalue weighted by Gasteiger charge is 2.42. The first-order valence-electron chi connectivity index (χ1n) is 16.6. The van der Waals surface area contributed by atoms with Crippen molar-refractivity contribution in [2.45, 2.75) is 76.9 Å². The maximum absolute atomic E-state index is 14.4. The molecule has 3 amide bonds. The first kappa shape index (κ1) is 37.6. The van der Waals surface area contributed by atoms with Gasteiger partial charge in [-0.3, -0.25) is 14.9 Å². The van der Waals surface area contributed by atoms with Gasteiger partial charge in [0, 0.05) is 42.9 Å². The van der Waals surface area contributed by atoms with Gasteiger partial charge in [-0.05, 0) is 75.2 Å². The first-order valence-corrected chi connectivity index (χ1v) is 17.5. The number of rotatable bonds is 11. The van der Waals surface area contributed by atoms with Crippen LogP contribution in [0.5, 0.6) is 0 Å². The summed E-state index contributed by atoms with van der Waals surface area (Å²) in [7, 11) is 0. The van der Waals surface area contributed by atoms with Crippen molar-refractivity contribution in [1.29, 1.82) is 0 Å². The van der Waals surface area contributed by atoms with E-state index in [0.29, 0.717) is 46.3 Å². The highest BCUT2D eigenvalue weighted by molar-refractivity contribution is 7.82. The van der Waals surface area contributed by atoms with Crippen LogP contribution < -0.4 is 16.0 Å². The van der Waals surface area contributed by atoms with Crippen LogP contribution in [0, 0.1) is 11.6 Å². The summed E-state index contributed by atoms with van der Waals surface area (Å²) in [5.41, 5.74) is 1.73. The van der Waals surface area contributed by atoms with E-state index in [1.165, 1.54) is 29.2 Å². The van der Waals surface area contributed by atoms with E-state index in [1.54, 1.807) is 63.2 Å². The van der Waals surface area contributed by atoms with Crippen molar-refractivity contribution < 1.29 is 27.9 Å². The largest absolute Gasteiger partial charge is 0.444 e. The molecule has 1 atom stereocenters. The Balaban J connectivity index is 1.43. The number of thiol groups is 1. The molecule has 0 fully saturated rings. The summed E-state index contributed by atoms with van der Waals surface area (Å²) < 4.78 is 36.1. The minimum Gasteiger partial charge on any atom is -0.444 e. The summed E-state index contributed by atoms with van der Waals surface area (Å²) in [6, 6.07) is 17.2. The number of halogens is 3. The van der Waals surface area contributed by atoms with E-state index in [0.717, 1.165) is 12.8 Å². The van der Waals surface area contributed by atoms with Crippen molar-refractivity contribution in [1.82, 2.24) is 19.8 Å². The van der Waals surface area contributed by atoms with Crippen molar-refractivity contribution in [2.75, 3.05) is 17.2 Å². The Morgan fingerprint density at radius 3 is 2.39 bits per heavy atom. The van der Waals surface area contributed by atoms with Gasteiger partial charge in [0.1, 0.15) is 34.6 Å². The van der Waals surface area contributed by atoms with Crippen molar-refractivity contribution in [2.24, 2.45) is 0 Å². The quantitative estimate of drug-likeness (QED) is 0.0913. The molecule has 1 aromatic heterocycles. The molecule has 3 N–H and O–H groups in total. The van der Waals surface area contributed by atoms with Crippen LogP contribution >= 0.6 is 24.2 Å². The fourth-order valence-electron chi connectivity index (χ4n) is 5.65. The average molecular weight is 739 g/mol. The predicted molar refractivity (Wildman–Crippen MR) is 197 cm³/mol. The zero-order valence-electron chi connectivity index (χ0n) is 28.9. The molecule has 1 unspecified atom stereocenters. The van der Waals surface area contributed by atoms with Crippen molar-refractivity contribution >= 4 is 59.3 Å². The number of benzene rings is 3. The van der Waals surface area contributed by atoms with E-state index in [4.69, 9.17) is 34.0 Å². The lowest BCUT2D eigenvalue weighted by atomic mass is 10.0. The summed E-state index contributed by atoms with van der Waals surface area (Å²) >= 11 is 10.7. The zero-order valence-corrected chi connectivity index (χ0v) is 30.5. The van der Waals surface area contributed by atoms with E-state index in [9.17, 15) is 23.2 Å². The van der Waals surface area contributed by atoms with Crippen LogP contribution in [0.3, 0.4) is 0 Å². The number of hydrogen-bond donors (Lipinski definition) is 4. The number of nitrogens with zero attached hydrogens (tertiary/aromatic N) is 3. The normalized spacial score (nSPS) is 13.9. The van der Waals surface area contributed by atoms with Crippen LogP contribution in [0.1, 0.15) is 58.3 Å². The molecule has 2 heterocycles. The van der Waals surface area contributed by atoms with Crippen molar-refractivity contribution in [3.63, 3.8) is 0 Å². The van der Waals surface area contributed by atoms with Gasteiger partial charge in [0.2, 0.25) is 5.91 Å².